The second kappa shape index (κ2) is 14.6. The number of benzene rings is 4. The number of ether oxygens (including phenoxy) is 2. The van der Waals surface area contributed by atoms with Gasteiger partial charge in [-0.25, -0.2) is 36.3 Å². The van der Waals surface area contributed by atoms with Crippen LogP contribution in [0.4, 0.5) is 27.2 Å². The number of rotatable bonds is 6. The van der Waals surface area contributed by atoms with Gasteiger partial charge in [-0.2, -0.15) is 0 Å². The molecule has 0 saturated heterocycles. The normalized spacial score (nSPS) is 13.5. The zero-order valence-corrected chi connectivity index (χ0v) is 32.9. The maximum atomic E-state index is 14.3. The summed E-state index contributed by atoms with van der Waals surface area (Å²) in [5.41, 5.74) is 0.0936. The summed E-state index contributed by atoms with van der Waals surface area (Å²) in [7, 11) is 0. The zero-order valence-electron chi connectivity index (χ0n) is 31.3. The van der Waals surface area contributed by atoms with E-state index in [1.54, 1.807) is 60.7 Å². The summed E-state index contributed by atoms with van der Waals surface area (Å²) in [5.74, 6) is -8.50. The number of allylic oxidation sites excluding steroid dienone is 2. The minimum absolute atomic E-state index is 0.160. The van der Waals surface area contributed by atoms with Crippen LogP contribution in [0.1, 0.15) is 62.3 Å². The van der Waals surface area contributed by atoms with Gasteiger partial charge in [-0.1, -0.05) is 60.7 Å². The summed E-state index contributed by atoms with van der Waals surface area (Å²) in [4.78, 5) is 82.6. The molecule has 0 fully saturated rings. The summed E-state index contributed by atoms with van der Waals surface area (Å²) in [6, 6.07) is 23.3. The van der Waals surface area contributed by atoms with Gasteiger partial charge >= 0.3 is 12.2 Å². The maximum absolute atomic E-state index is 14.3. The van der Waals surface area contributed by atoms with Crippen LogP contribution in [0.2, 0.25) is 0 Å². The molecule has 10 nitrogen and oxygen atoms in total. The Labute approximate surface area is 353 Å². The summed E-state index contributed by atoms with van der Waals surface area (Å²) < 4.78 is 71.2. The van der Waals surface area contributed by atoms with Gasteiger partial charge in [0.25, 0.3) is 0 Å². The van der Waals surface area contributed by atoms with Crippen molar-refractivity contribution in [2.75, 3.05) is 0 Å². The topological polar surface area (TPSA) is 131 Å². The Morgan fingerprint density at radius 2 is 0.823 bits per heavy atom. The minimum Gasteiger partial charge on any atom is -0.444 e. The quantitative estimate of drug-likeness (QED) is 0.0917. The molecule has 0 bridgehead atoms. The molecule has 0 aliphatic heterocycles. The Kier molecular flexibility index (Phi) is 9.08. The second-order valence-electron chi connectivity index (χ2n) is 14.2. The van der Waals surface area contributed by atoms with Crippen LogP contribution < -0.4 is 0 Å². The smallest absolute Gasteiger partial charge is 0.419 e. The highest BCUT2D eigenvalue weighted by molar-refractivity contribution is 7.22. The minimum atomic E-state index is -1.30. The standard InChI is InChI=1S/C46H22F4N2O8S2/c47-31-15-25-26(16-32(31)48)40(54)29(39(25)53)11-23-13-35-43(61-23)38-37(51(35)45(57)59-19-21-7-3-1-4-8-21)44-36(52(38)46(58)60-20-22-9-5-2-6-10-22)14-24(62-44)12-30-41(55)27-17-33(49)34(50)18-28(27)42(30)56/h1-18H,19-20H2. The van der Waals surface area contributed by atoms with Gasteiger partial charge in [-0.3, -0.25) is 19.2 Å². The van der Waals surface area contributed by atoms with Gasteiger partial charge in [0.1, 0.15) is 13.2 Å². The number of halogens is 4. The number of thiophene rings is 2. The van der Waals surface area contributed by atoms with Crippen molar-refractivity contribution < 1.29 is 55.8 Å². The van der Waals surface area contributed by atoms with Crippen molar-refractivity contribution in [1.29, 1.82) is 0 Å². The van der Waals surface area contributed by atoms with E-state index in [2.05, 4.69) is 0 Å². The number of hydrogen-bond acceptors (Lipinski definition) is 10. The molecule has 0 saturated carbocycles. The first-order chi connectivity index (χ1) is 29.9. The van der Waals surface area contributed by atoms with Crippen molar-refractivity contribution in [3.63, 3.8) is 0 Å². The van der Waals surface area contributed by atoms with E-state index in [1.807, 2.05) is 0 Å². The summed E-state index contributed by atoms with van der Waals surface area (Å²) in [6.07, 6.45) is 0.719. The van der Waals surface area contributed by atoms with Gasteiger partial charge < -0.3 is 9.47 Å². The molecule has 0 N–H and O–H groups in total. The average Bonchev–Trinajstić information content (AvgIpc) is 4.08. The number of Topliss-reactive ketones (excluding diaryl/α,β-unsaturated/α-hetero) is 4. The number of aromatic nitrogens is 2. The first-order valence-electron chi connectivity index (χ1n) is 18.5. The molecular formula is C46H22F4N2O8S2. The summed E-state index contributed by atoms with van der Waals surface area (Å²) >= 11 is 2.00. The van der Waals surface area contributed by atoms with E-state index >= 15 is 0 Å². The Balaban J connectivity index is 1.16. The summed E-state index contributed by atoms with van der Waals surface area (Å²) in [6.45, 7) is -0.319. The second-order valence-corrected chi connectivity index (χ2v) is 16.4. The van der Waals surface area contributed by atoms with E-state index in [9.17, 15) is 46.3 Å². The van der Waals surface area contributed by atoms with Crippen molar-refractivity contribution in [2.45, 2.75) is 13.2 Å². The maximum Gasteiger partial charge on any atom is 0.419 e. The van der Waals surface area contributed by atoms with E-state index in [0.29, 0.717) is 44.8 Å². The Morgan fingerprint density at radius 1 is 0.500 bits per heavy atom. The highest BCUT2D eigenvalue weighted by Crippen LogP contribution is 2.46. The molecule has 4 aromatic carbocycles. The highest BCUT2D eigenvalue weighted by Gasteiger charge is 2.37. The van der Waals surface area contributed by atoms with E-state index < -0.39 is 58.6 Å². The number of nitrogens with zero attached hydrogens (tertiary/aromatic N) is 2. The third kappa shape index (κ3) is 6.13. The van der Waals surface area contributed by atoms with Crippen LogP contribution >= 0.6 is 22.7 Å². The largest absolute Gasteiger partial charge is 0.444 e. The van der Waals surface area contributed by atoms with Crippen LogP contribution in [0.25, 0.3) is 43.6 Å². The first-order valence-corrected chi connectivity index (χ1v) is 20.2. The molecule has 4 aromatic heterocycles. The molecule has 2 aliphatic rings. The number of hydrogen-bond donors (Lipinski definition) is 0. The third-order valence-corrected chi connectivity index (χ3v) is 12.6. The third-order valence-electron chi connectivity index (χ3n) is 10.5. The lowest BCUT2D eigenvalue weighted by Crippen LogP contribution is -2.13. The molecule has 304 valence electrons. The molecule has 0 spiro atoms. The predicted octanol–water partition coefficient (Wildman–Crippen LogP) is 10.7. The van der Waals surface area contributed by atoms with Crippen LogP contribution in [0.5, 0.6) is 0 Å². The lowest BCUT2D eigenvalue weighted by atomic mass is 10.1. The molecule has 0 amide bonds. The number of fused-ring (bicyclic) bond motifs is 7. The lowest BCUT2D eigenvalue weighted by Gasteiger charge is -2.07. The molecule has 0 atom stereocenters. The Hall–Kier alpha value is -7.56. The zero-order chi connectivity index (χ0) is 43.1. The predicted molar refractivity (Wildman–Crippen MR) is 221 cm³/mol. The number of ketones is 4. The van der Waals surface area contributed by atoms with Crippen LogP contribution in [-0.4, -0.2) is 44.5 Å². The molecular weight excluding hydrogens is 849 g/mol. The van der Waals surface area contributed by atoms with E-state index in [4.69, 9.17) is 9.47 Å². The lowest BCUT2D eigenvalue weighted by molar-refractivity contribution is 0.0975. The molecule has 62 heavy (non-hydrogen) atoms. The number of carbonyl (C=O) groups excluding carboxylic acids is 6. The highest BCUT2D eigenvalue weighted by atomic mass is 32.1. The number of carbonyl (C=O) groups is 6. The SMILES string of the molecule is O=C1C(=Cc2cc3c(s2)c2c(c4sc(C=C5C(=O)c6cc(F)c(F)cc6C5=O)cc4n2C(=O)OCc2ccccc2)n3C(=O)OCc2ccccc2)C(=O)c2cc(F)c(F)cc21. The van der Waals surface area contributed by atoms with Crippen LogP contribution in [0.3, 0.4) is 0 Å². The first kappa shape index (κ1) is 38.6. The van der Waals surface area contributed by atoms with E-state index in [1.165, 1.54) is 33.4 Å². The van der Waals surface area contributed by atoms with Gasteiger partial charge in [0.15, 0.2) is 46.4 Å². The average molecular weight is 871 g/mol. The van der Waals surface area contributed by atoms with Crippen molar-refractivity contribution in [3.05, 3.63) is 175 Å². The van der Waals surface area contributed by atoms with E-state index in [-0.39, 0.29) is 78.4 Å². The van der Waals surface area contributed by atoms with Gasteiger partial charge in [-0.15, -0.1) is 22.7 Å². The fourth-order valence-corrected chi connectivity index (χ4v) is 9.85. The molecule has 2 aliphatic carbocycles. The van der Waals surface area contributed by atoms with Crippen molar-refractivity contribution in [2.24, 2.45) is 0 Å². The molecule has 8 aromatic rings. The fraction of sp³-hybridized carbons (Fsp3) is 0.0435. The molecule has 16 heteroatoms. The Morgan fingerprint density at radius 3 is 1.15 bits per heavy atom. The van der Waals surface area contributed by atoms with E-state index in [0.717, 1.165) is 22.7 Å². The van der Waals surface area contributed by atoms with Gasteiger partial charge in [0, 0.05) is 32.0 Å². The van der Waals surface area contributed by atoms with Crippen molar-refractivity contribution in [3.8, 4) is 0 Å². The Bertz CT molecular complexity index is 3100. The summed E-state index contributed by atoms with van der Waals surface area (Å²) in [5, 5.41) is 0. The molecule has 0 unspecified atom stereocenters. The monoisotopic (exact) mass is 870 g/mol. The van der Waals surface area contributed by atoms with Gasteiger partial charge in [0.05, 0.1) is 42.6 Å². The molecule has 4 heterocycles. The van der Waals surface area contributed by atoms with Gasteiger partial charge in [0.2, 0.25) is 0 Å². The van der Waals surface area contributed by atoms with Gasteiger partial charge in [-0.05, 0) is 59.7 Å². The fourth-order valence-electron chi connectivity index (χ4n) is 7.61. The van der Waals surface area contributed by atoms with Crippen molar-refractivity contribution in [1.82, 2.24) is 9.13 Å². The van der Waals surface area contributed by atoms with Crippen LogP contribution in [-0.2, 0) is 22.7 Å². The molecule has 0 radical (unpaired) electrons. The van der Waals surface area contributed by atoms with Crippen molar-refractivity contribution >= 4 is 102 Å². The molecule has 10 rings (SSSR count). The van der Waals surface area contributed by atoms with Crippen LogP contribution in [0.15, 0.2) is 108 Å². The van der Waals surface area contributed by atoms with Crippen LogP contribution in [0, 0.1) is 23.3 Å².